The SMILES string of the molecule is Cc1ccc2nc(C(=O)N3CCC(n4cc(C(C)(C)C)nn4)CC3)cn2c1. The predicted octanol–water partition coefficient (Wildman–Crippen LogP) is 3.01. The molecule has 0 radical (unpaired) electrons. The van der Waals surface area contributed by atoms with Gasteiger partial charge in [0.1, 0.15) is 11.3 Å². The summed E-state index contributed by atoms with van der Waals surface area (Å²) in [7, 11) is 0. The number of carbonyl (C=O) groups is 1. The Bertz CT molecular complexity index is 972. The Morgan fingerprint density at radius 1 is 1.11 bits per heavy atom. The molecule has 0 unspecified atom stereocenters. The molecule has 0 spiro atoms. The molecule has 1 aliphatic rings. The molecule has 4 rings (SSSR count). The number of nitrogens with zero attached hydrogens (tertiary/aromatic N) is 6. The lowest BCUT2D eigenvalue weighted by Crippen LogP contribution is -2.39. The molecular formula is C20H26N6O. The largest absolute Gasteiger partial charge is 0.337 e. The van der Waals surface area contributed by atoms with E-state index in [0.717, 1.165) is 29.7 Å². The second-order valence-corrected chi connectivity index (χ2v) is 8.46. The summed E-state index contributed by atoms with van der Waals surface area (Å²) >= 11 is 0. The number of piperidine rings is 1. The van der Waals surface area contributed by atoms with Crippen molar-refractivity contribution in [2.24, 2.45) is 0 Å². The highest BCUT2D eigenvalue weighted by atomic mass is 16.2. The van der Waals surface area contributed by atoms with E-state index in [4.69, 9.17) is 0 Å². The highest BCUT2D eigenvalue weighted by Gasteiger charge is 2.27. The van der Waals surface area contributed by atoms with Crippen molar-refractivity contribution in [3.63, 3.8) is 0 Å². The third kappa shape index (κ3) is 3.46. The summed E-state index contributed by atoms with van der Waals surface area (Å²) in [5.41, 5.74) is 3.45. The van der Waals surface area contributed by atoms with Crippen LogP contribution in [0.2, 0.25) is 0 Å². The fourth-order valence-corrected chi connectivity index (χ4v) is 3.50. The molecule has 0 aliphatic carbocycles. The summed E-state index contributed by atoms with van der Waals surface area (Å²) in [5.74, 6) is 0.00349. The molecule has 3 aromatic heterocycles. The maximum Gasteiger partial charge on any atom is 0.274 e. The molecule has 3 aromatic rings. The number of fused-ring (bicyclic) bond motifs is 1. The summed E-state index contributed by atoms with van der Waals surface area (Å²) in [6.07, 6.45) is 7.62. The Morgan fingerprint density at radius 3 is 2.52 bits per heavy atom. The molecule has 1 fully saturated rings. The van der Waals surface area contributed by atoms with Gasteiger partial charge in [-0.25, -0.2) is 9.67 Å². The number of aryl methyl sites for hydroxylation is 1. The van der Waals surface area contributed by atoms with E-state index in [1.807, 2.05) is 51.6 Å². The average Bonchev–Trinajstić information content (AvgIpc) is 3.28. The minimum atomic E-state index is -0.00357. The molecule has 142 valence electrons. The Balaban J connectivity index is 1.43. The van der Waals surface area contributed by atoms with Gasteiger partial charge in [0.05, 0.1) is 11.7 Å². The van der Waals surface area contributed by atoms with Gasteiger partial charge in [-0.15, -0.1) is 5.10 Å². The first-order valence-electron chi connectivity index (χ1n) is 9.48. The van der Waals surface area contributed by atoms with E-state index in [0.29, 0.717) is 24.8 Å². The van der Waals surface area contributed by atoms with E-state index in [9.17, 15) is 4.79 Å². The zero-order chi connectivity index (χ0) is 19.2. The lowest BCUT2D eigenvalue weighted by atomic mass is 9.93. The Labute approximate surface area is 159 Å². The van der Waals surface area contributed by atoms with E-state index >= 15 is 0 Å². The van der Waals surface area contributed by atoms with Gasteiger partial charge in [0.25, 0.3) is 5.91 Å². The van der Waals surface area contributed by atoms with Crippen LogP contribution in [0.15, 0.2) is 30.7 Å². The third-order valence-electron chi connectivity index (χ3n) is 5.22. The molecule has 7 heteroatoms. The molecular weight excluding hydrogens is 340 g/mol. The highest BCUT2D eigenvalue weighted by molar-refractivity contribution is 5.93. The number of aromatic nitrogens is 5. The third-order valence-corrected chi connectivity index (χ3v) is 5.22. The fourth-order valence-electron chi connectivity index (χ4n) is 3.50. The molecule has 0 aromatic carbocycles. The van der Waals surface area contributed by atoms with Crippen molar-refractivity contribution < 1.29 is 4.79 Å². The van der Waals surface area contributed by atoms with Gasteiger partial charge in [0, 0.05) is 37.1 Å². The molecule has 27 heavy (non-hydrogen) atoms. The molecule has 1 saturated heterocycles. The number of amides is 1. The summed E-state index contributed by atoms with van der Waals surface area (Å²) in [4.78, 5) is 19.2. The van der Waals surface area contributed by atoms with Crippen LogP contribution in [0, 0.1) is 6.92 Å². The zero-order valence-electron chi connectivity index (χ0n) is 16.4. The van der Waals surface area contributed by atoms with Crippen molar-refractivity contribution in [2.45, 2.75) is 52.0 Å². The van der Waals surface area contributed by atoms with Crippen LogP contribution in [-0.2, 0) is 5.41 Å². The second kappa shape index (κ2) is 6.48. The Morgan fingerprint density at radius 2 is 1.85 bits per heavy atom. The lowest BCUT2D eigenvalue weighted by Gasteiger charge is -2.31. The summed E-state index contributed by atoms with van der Waals surface area (Å²) in [6.45, 7) is 9.86. The van der Waals surface area contributed by atoms with E-state index in [1.165, 1.54) is 0 Å². The minimum Gasteiger partial charge on any atom is -0.337 e. The normalized spacial score (nSPS) is 16.2. The van der Waals surface area contributed by atoms with Gasteiger partial charge in [0.2, 0.25) is 0 Å². The number of carbonyl (C=O) groups excluding carboxylic acids is 1. The molecule has 1 amide bonds. The van der Waals surface area contributed by atoms with Gasteiger partial charge in [-0.3, -0.25) is 4.79 Å². The average molecular weight is 366 g/mol. The quantitative estimate of drug-likeness (QED) is 0.699. The fraction of sp³-hybridized carbons (Fsp3) is 0.500. The molecule has 4 heterocycles. The van der Waals surface area contributed by atoms with Crippen molar-refractivity contribution in [1.82, 2.24) is 29.3 Å². The molecule has 0 N–H and O–H groups in total. The number of likely N-dealkylation sites (tertiary alicyclic amines) is 1. The first-order chi connectivity index (χ1) is 12.8. The van der Waals surface area contributed by atoms with Crippen LogP contribution in [0.4, 0.5) is 0 Å². The maximum atomic E-state index is 12.8. The van der Waals surface area contributed by atoms with Crippen LogP contribution in [0.5, 0.6) is 0 Å². The zero-order valence-corrected chi connectivity index (χ0v) is 16.4. The van der Waals surface area contributed by atoms with Crippen LogP contribution in [0.25, 0.3) is 5.65 Å². The molecule has 7 nitrogen and oxygen atoms in total. The van der Waals surface area contributed by atoms with Crippen molar-refractivity contribution in [2.75, 3.05) is 13.1 Å². The van der Waals surface area contributed by atoms with Crippen LogP contribution < -0.4 is 0 Å². The Kier molecular flexibility index (Phi) is 4.25. The van der Waals surface area contributed by atoms with Gasteiger partial charge >= 0.3 is 0 Å². The standard InChI is InChI=1S/C20H26N6O/c1-14-5-6-18-21-16(12-25(18)11-14)19(27)24-9-7-15(8-10-24)26-13-17(22-23-26)20(2,3)4/h5-6,11-13,15H,7-10H2,1-4H3. The van der Waals surface area contributed by atoms with Crippen molar-refractivity contribution >= 4 is 11.6 Å². The summed E-state index contributed by atoms with van der Waals surface area (Å²) < 4.78 is 3.88. The smallest absolute Gasteiger partial charge is 0.274 e. The second-order valence-electron chi connectivity index (χ2n) is 8.46. The molecule has 0 bridgehead atoms. The number of imidazole rings is 1. The van der Waals surface area contributed by atoms with E-state index in [-0.39, 0.29) is 11.3 Å². The van der Waals surface area contributed by atoms with Crippen molar-refractivity contribution in [3.05, 3.63) is 47.7 Å². The summed E-state index contributed by atoms with van der Waals surface area (Å²) in [6, 6.07) is 4.24. The number of pyridine rings is 1. The van der Waals surface area contributed by atoms with Gasteiger partial charge in [-0.1, -0.05) is 32.1 Å². The summed E-state index contributed by atoms with van der Waals surface area (Å²) in [5, 5.41) is 8.63. The van der Waals surface area contributed by atoms with Crippen molar-refractivity contribution in [3.8, 4) is 0 Å². The molecule has 0 atom stereocenters. The minimum absolute atomic E-state index is 0.00349. The van der Waals surface area contributed by atoms with E-state index in [1.54, 1.807) is 0 Å². The van der Waals surface area contributed by atoms with E-state index < -0.39 is 0 Å². The first kappa shape index (κ1) is 17.7. The first-order valence-corrected chi connectivity index (χ1v) is 9.48. The van der Waals surface area contributed by atoms with Crippen LogP contribution in [-0.4, -0.2) is 48.3 Å². The van der Waals surface area contributed by atoms with Crippen LogP contribution in [0.3, 0.4) is 0 Å². The van der Waals surface area contributed by atoms with Gasteiger partial charge in [-0.2, -0.15) is 0 Å². The van der Waals surface area contributed by atoms with Gasteiger partial charge < -0.3 is 9.30 Å². The monoisotopic (exact) mass is 366 g/mol. The topological polar surface area (TPSA) is 68.3 Å². The molecule has 1 aliphatic heterocycles. The van der Waals surface area contributed by atoms with Crippen molar-refractivity contribution in [1.29, 1.82) is 0 Å². The van der Waals surface area contributed by atoms with Gasteiger partial charge in [0.15, 0.2) is 0 Å². The number of hydrogen-bond donors (Lipinski definition) is 0. The van der Waals surface area contributed by atoms with Gasteiger partial charge in [-0.05, 0) is 31.4 Å². The maximum absolute atomic E-state index is 12.8. The van der Waals surface area contributed by atoms with E-state index in [2.05, 4.69) is 36.1 Å². The predicted molar refractivity (Wildman–Crippen MR) is 103 cm³/mol. The lowest BCUT2D eigenvalue weighted by molar-refractivity contribution is 0.0684. The van der Waals surface area contributed by atoms with Crippen LogP contribution in [0.1, 0.15) is 61.4 Å². The number of rotatable bonds is 2. The number of hydrogen-bond acceptors (Lipinski definition) is 4. The van der Waals surface area contributed by atoms with Crippen LogP contribution >= 0.6 is 0 Å². The highest BCUT2D eigenvalue weighted by Crippen LogP contribution is 2.25. The Hall–Kier alpha value is -2.70. The molecule has 0 saturated carbocycles.